The van der Waals surface area contributed by atoms with Crippen molar-refractivity contribution in [3.63, 3.8) is 0 Å². The van der Waals surface area contributed by atoms with E-state index < -0.39 is 17.9 Å². The number of carbonyl (C=O) groups is 3. The third kappa shape index (κ3) is 6.24. The average Bonchev–Trinajstić information content (AvgIpc) is 2.72. The van der Waals surface area contributed by atoms with Crippen LogP contribution in [0.15, 0.2) is 47.6 Å². The normalized spacial score (nSPS) is 10.3. The smallest absolute Gasteiger partial charge is 0.339 e. The van der Waals surface area contributed by atoms with E-state index >= 15 is 0 Å². The minimum atomic E-state index is -0.784. The van der Waals surface area contributed by atoms with Gasteiger partial charge in [0.05, 0.1) is 31.7 Å². The number of ether oxygens (including phenoxy) is 3. The summed E-state index contributed by atoms with van der Waals surface area (Å²) >= 11 is 0. The summed E-state index contributed by atoms with van der Waals surface area (Å²) in [5.41, 5.74) is 8.15. The molecule has 152 valence electrons. The van der Waals surface area contributed by atoms with Gasteiger partial charge in [0.2, 0.25) is 0 Å². The molecule has 0 fully saturated rings. The Morgan fingerprint density at radius 2 is 1.86 bits per heavy atom. The van der Waals surface area contributed by atoms with Gasteiger partial charge in [-0.2, -0.15) is 5.10 Å². The number of benzene rings is 2. The quantitative estimate of drug-likeness (QED) is 0.348. The van der Waals surface area contributed by atoms with Gasteiger partial charge in [-0.15, -0.1) is 0 Å². The first kappa shape index (κ1) is 21.2. The SMILES string of the molecule is COC(=O)c1ccccc1NC(=O)COc1ccc(C=NNC(N)=O)cc1OC. The molecular formula is C19H20N4O6. The molecule has 0 aliphatic carbocycles. The summed E-state index contributed by atoms with van der Waals surface area (Å²) in [4.78, 5) is 34.6. The topological polar surface area (TPSA) is 141 Å². The first-order valence-electron chi connectivity index (χ1n) is 8.31. The molecule has 0 aliphatic rings. The van der Waals surface area contributed by atoms with Crippen molar-refractivity contribution in [3.05, 3.63) is 53.6 Å². The largest absolute Gasteiger partial charge is 0.493 e. The van der Waals surface area contributed by atoms with E-state index in [1.54, 1.807) is 42.5 Å². The molecule has 2 aromatic rings. The number of carbonyl (C=O) groups excluding carboxylic acids is 3. The lowest BCUT2D eigenvalue weighted by Crippen LogP contribution is -2.24. The first-order chi connectivity index (χ1) is 13.9. The second-order valence-electron chi connectivity index (χ2n) is 5.52. The molecule has 0 unspecified atom stereocenters. The maximum Gasteiger partial charge on any atom is 0.339 e. The fourth-order valence-corrected chi connectivity index (χ4v) is 2.26. The number of primary amides is 1. The fraction of sp³-hybridized carbons (Fsp3) is 0.158. The Labute approximate surface area is 166 Å². The van der Waals surface area contributed by atoms with E-state index in [1.807, 2.05) is 0 Å². The van der Waals surface area contributed by atoms with E-state index in [0.29, 0.717) is 22.7 Å². The molecule has 0 radical (unpaired) electrons. The van der Waals surface area contributed by atoms with Gasteiger partial charge in [-0.05, 0) is 35.9 Å². The molecular weight excluding hydrogens is 380 g/mol. The van der Waals surface area contributed by atoms with Crippen LogP contribution < -0.4 is 25.9 Å². The zero-order valence-electron chi connectivity index (χ0n) is 15.8. The highest BCUT2D eigenvalue weighted by atomic mass is 16.5. The lowest BCUT2D eigenvalue weighted by molar-refractivity contribution is -0.118. The minimum Gasteiger partial charge on any atom is -0.493 e. The molecule has 0 spiro atoms. The Morgan fingerprint density at radius 1 is 1.10 bits per heavy atom. The summed E-state index contributed by atoms with van der Waals surface area (Å²) in [6.07, 6.45) is 1.37. The van der Waals surface area contributed by atoms with Crippen molar-refractivity contribution >= 4 is 29.8 Å². The Morgan fingerprint density at radius 3 is 2.55 bits per heavy atom. The molecule has 2 aromatic carbocycles. The molecule has 0 heterocycles. The predicted molar refractivity (Wildman–Crippen MR) is 105 cm³/mol. The van der Waals surface area contributed by atoms with Crippen LogP contribution in [-0.4, -0.2) is 44.9 Å². The number of para-hydroxylation sites is 1. The van der Waals surface area contributed by atoms with Crippen molar-refractivity contribution < 1.29 is 28.6 Å². The second kappa shape index (κ2) is 10.3. The number of nitrogens with zero attached hydrogens (tertiary/aromatic N) is 1. The number of hydrogen-bond acceptors (Lipinski definition) is 7. The molecule has 3 amide bonds. The third-order valence-corrected chi connectivity index (χ3v) is 3.54. The number of anilines is 1. The van der Waals surface area contributed by atoms with Gasteiger partial charge in [0.25, 0.3) is 5.91 Å². The molecule has 0 atom stereocenters. The number of urea groups is 1. The van der Waals surface area contributed by atoms with Crippen LogP contribution in [0.2, 0.25) is 0 Å². The molecule has 0 saturated carbocycles. The summed E-state index contributed by atoms with van der Waals surface area (Å²) < 4.78 is 15.4. The van der Waals surface area contributed by atoms with Crippen LogP contribution in [-0.2, 0) is 9.53 Å². The molecule has 10 heteroatoms. The summed E-state index contributed by atoms with van der Waals surface area (Å²) in [7, 11) is 2.70. The maximum absolute atomic E-state index is 12.2. The molecule has 0 saturated heterocycles. The molecule has 29 heavy (non-hydrogen) atoms. The highest BCUT2D eigenvalue weighted by molar-refractivity contribution is 6.01. The standard InChI is InChI=1S/C19H20N4O6/c1-27-16-9-12(10-21-23-19(20)26)7-8-15(16)29-11-17(24)22-14-6-4-3-5-13(14)18(25)28-2/h3-10H,11H2,1-2H3,(H,22,24)(H3,20,23,26). The Bertz CT molecular complexity index is 929. The Kier molecular flexibility index (Phi) is 7.54. The number of rotatable bonds is 8. The number of nitrogens with one attached hydrogen (secondary N) is 2. The molecule has 10 nitrogen and oxygen atoms in total. The fourth-order valence-electron chi connectivity index (χ4n) is 2.26. The molecule has 4 N–H and O–H groups in total. The van der Waals surface area contributed by atoms with Crippen molar-refractivity contribution in [2.75, 3.05) is 26.1 Å². The number of hydrogen-bond donors (Lipinski definition) is 3. The van der Waals surface area contributed by atoms with E-state index in [-0.39, 0.29) is 12.2 Å². The molecule has 0 aliphatic heterocycles. The first-order valence-corrected chi connectivity index (χ1v) is 8.31. The highest BCUT2D eigenvalue weighted by Crippen LogP contribution is 2.27. The summed E-state index contributed by atoms with van der Waals surface area (Å²) in [6.45, 7) is -0.317. The lowest BCUT2D eigenvalue weighted by atomic mass is 10.2. The summed E-state index contributed by atoms with van der Waals surface area (Å²) in [5.74, 6) is -0.356. The van der Waals surface area contributed by atoms with Gasteiger partial charge >= 0.3 is 12.0 Å². The number of amides is 3. The zero-order chi connectivity index (χ0) is 21.2. The van der Waals surface area contributed by atoms with Crippen molar-refractivity contribution in [1.82, 2.24) is 5.43 Å². The number of esters is 1. The van der Waals surface area contributed by atoms with E-state index in [9.17, 15) is 14.4 Å². The van der Waals surface area contributed by atoms with Crippen molar-refractivity contribution in [3.8, 4) is 11.5 Å². The summed E-state index contributed by atoms with van der Waals surface area (Å²) in [5, 5.41) is 6.25. The van der Waals surface area contributed by atoms with E-state index in [1.165, 1.54) is 20.4 Å². The second-order valence-corrected chi connectivity index (χ2v) is 5.52. The predicted octanol–water partition coefficient (Wildman–Crippen LogP) is 1.50. The van der Waals surface area contributed by atoms with Crippen LogP contribution in [0.25, 0.3) is 0 Å². The number of methoxy groups -OCH3 is 2. The van der Waals surface area contributed by atoms with Crippen LogP contribution in [0, 0.1) is 0 Å². The zero-order valence-corrected chi connectivity index (χ0v) is 15.8. The van der Waals surface area contributed by atoms with Gasteiger partial charge in [0, 0.05) is 0 Å². The van der Waals surface area contributed by atoms with Crippen molar-refractivity contribution in [1.29, 1.82) is 0 Å². The third-order valence-electron chi connectivity index (χ3n) is 3.54. The van der Waals surface area contributed by atoms with Gasteiger partial charge < -0.3 is 25.3 Å². The molecule has 0 aromatic heterocycles. The van der Waals surface area contributed by atoms with Crippen LogP contribution in [0.4, 0.5) is 10.5 Å². The van der Waals surface area contributed by atoms with Crippen molar-refractivity contribution in [2.24, 2.45) is 10.8 Å². The number of hydrazone groups is 1. The van der Waals surface area contributed by atoms with Crippen LogP contribution in [0.1, 0.15) is 15.9 Å². The monoisotopic (exact) mass is 400 g/mol. The Balaban J connectivity index is 2.02. The van der Waals surface area contributed by atoms with Gasteiger partial charge in [0.15, 0.2) is 18.1 Å². The van der Waals surface area contributed by atoms with Crippen LogP contribution in [0.3, 0.4) is 0 Å². The van der Waals surface area contributed by atoms with Crippen LogP contribution in [0.5, 0.6) is 11.5 Å². The molecule has 2 rings (SSSR count). The van der Waals surface area contributed by atoms with E-state index in [2.05, 4.69) is 15.8 Å². The van der Waals surface area contributed by atoms with E-state index in [0.717, 1.165) is 0 Å². The summed E-state index contributed by atoms with van der Waals surface area (Å²) in [6, 6.07) is 10.5. The van der Waals surface area contributed by atoms with E-state index in [4.69, 9.17) is 19.9 Å². The van der Waals surface area contributed by atoms with Crippen LogP contribution >= 0.6 is 0 Å². The maximum atomic E-state index is 12.2. The Hall–Kier alpha value is -4.08. The average molecular weight is 400 g/mol. The number of nitrogens with two attached hydrogens (primary N) is 1. The van der Waals surface area contributed by atoms with Gasteiger partial charge in [0.1, 0.15) is 0 Å². The van der Waals surface area contributed by atoms with Gasteiger partial charge in [-0.1, -0.05) is 12.1 Å². The van der Waals surface area contributed by atoms with Gasteiger partial charge in [-0.3, -0.25) is 4.79 Å². The molecule has 0 bridgehead atoms. The minimum absolute atomic E-state index is 0.231. The highest BCUT2D eigenvalue weighted by Gasteiger charge is 2.14. The lowest BCUT2D eigenvalue weighted by Gasteiger charge is -2.12. The van der Waals surface area contributed by atoms with Gasteiger partial charge in [-0.25, -0.2) is 15.0 Å². The van der Waals surface area contributed by atoms with Crippen molar-refractivity contribution in [2.45, 2.75) is 0 Å².